The van der Waals surface area contributed by atoms with Gasteiger partial charge >= 0.3 is 0 Å². The SMILES string of the molecule is O=C(CCN1C(=O)C2CCCCC2C1=O)Nc1cccc(S(=O)(=O)NC2=NCCC2)c1. The molecule has 9 nitrogen and oxygen atoms in total. The first-order valence-corrected chi connectivity index (χ1v) is 12.1. The Kier molecular flexibility index (Phi) is 6.08. The molecule has 1 aliphatic carbocycles. The molecule has 2 atom stereocenters. The third kappa shape index (κ3) is 4.63. The number of benzene rings is 1. The van der Waals surface area contributed by atoms with Crippen LogP contribution in [0.1, 0.15) is 44.9 Å². The lowest BCUT2D eigenvalue weighted by Gasteiger charge is -2.19. The normalized spacial score (nSPS) is 23.5. The predicted molar refractivity (Wildman–Crippen MR) is 114 cm³/mol. The first kappa shape index (κ1) is 21.5. The molecule has 0 bridgehead atoms. The van der Waals surface area contributed by atoms with E-state index in [0.717, 1.165) is 32.1 Å². The Morgan fingerprint density at radius 3 is 2.45 bits per heavy atom. The number of anilines is 1. The van der Waals surface area contributed by atoms with Gasteiger partial charge in [0.15, 0.2) is 0 Å². The summed E-state index contributed by atoms with van der Waals surface area (Å²) < 4.78 is 27.5. The van der Waals surface area contributed by atoms with Crippen LogP contribution < -0.4 is 10.0 Å². The number of sulfonamides is 1. The molecule has 0 spiro atoms. The summed E-state index contributed by atoms with van der Waals surface area (Å²) in [5.74, 6) is -0.757. The zero-order valence-corrected chi connectivity index (χ0v) is 18.0. The minimum absolute atomic E-state index is 0.0221. The lowest BCUT2D eigenvalue weighted by atomic mass is 9.81. The maximum Gasteiger partial charge on any atom is 0.262 e. The van der Waals surface area contributed by atoms with E-state index in [9.17, 15) is 22.8 Å². The van der Waals surface area contributed by atoms with E-state index in [2.05, 4.69) is 15.0 Å². The lowest BCUT2D eigenvalue weighted by Crippen LogP contribution is -2.34. The second-order valence-electron chi connectivity index (χ2n) is 8.19. The number of hydrogen-bond acceptors (Lipinski definition) is 6. The van der Waals surface area contributed by atoms with Crippen LogP contribution in [0.4, 0.5) is 5.69 Å². The molecule has 1 aromatic rings. The molecule has 0 radical (unpaired) electrons. The largest absolute Gasteiger partial charge is 0.326 e. The average Bonchev–Trinajstić information content (AvgIpc) is 3.33. The van der Waals surface area contributed by atoms with Crippen molar-refractivity contribution in [2.75, 3.05) is 18.4 Å². The summed E-state index contributed by atoms with van der Waals surface area (Å²) in [4.78, 5) is 42.8. The molecule has 1 aromatic carbocycles. The lowest BCUT2D eigenvalue weighted by molar-refractivity contribution is -0.140. The van der Waals surface area contributed by atoms with Gasteiger partial charge in [0.25, 0.3) is 10.0 Å². The molecule has 1 saturated heterocycles. The van der Waals surface area contributed by atoms with E-state index in [1.165, 1.54) is 17.0 Å². The number of amidine groups is 1. The minimum atomic E-state index is -3.78. The molecule has 166 valence electrons. The first-order valence-electron chi connectivity index (χ1n) is 10.7. The Balaban J connectivity index is 1.35. The van der Waals surface area contributed by atoms with E-state index < -0.39 is 15.9 Å². The number of nitrogens with zero attached hydrogens (tertiary/aromatic N) is 2. The molecule has 2 fully saturated rings. The maximum absolute atomic E-state index is 12.5. The van der Waals surface area contributed by atoms with Crippen molar-refractivity contribution in [1.82, 2.24) is 9.62 Å². The molecular formula is C21H26N4O5S. The Bertz CT molecular complexity index is 1010. The molecule has 1 saturated carbocycles. The van der Waals surface area contributed by atoms with Gasteiger partial charge in [-0.1, -0.05) is 18.9 Å². The van der Waals surface area contributed by atoms with Gasteiger partial charge in [-0.05, 0) is 37.5 Å². The molecule has 0 aromatic heterocycles. The van der Waals surface area contributed by atoms with Crippen molar-refractivity contribution in [3.05, 3.63) is 24.3 Å². The van der Waals surface area contributed by atoms with Crippen molar-refractivity contribution in [3.8, 4) is 0 Å². The van der Waals surface area contributed by atoms with Crippen molar-refractivity contribution >= 4 is 39.3 Å². The van der Waals surface area contributed by atoms with Crippen LogP contribution in [-0.4, -0.2) is 50.0 Å². The Hall–Kier alpha value is -2.75. The Labute approximate surface area is 181 Å². The highest BCUT2D eigenvalue weighted by Gasteiger charge is 2.47. The van der Waals surface area contributed by atoms with Crippen LogP contribution >= 0.6 is 0 Å². The summed E-state index contributed by atoms with van der Waals surface area (Å²) in [6, 6.07) is 5.94. The summed E-state index contributed by atoms with van der Waals surface area (Å²) in [7, 11) is -3.78. The van der Waals surface area contributed by atoms with Gasteiger partial charge in [0.05, 0.1) is 16.7 Å². The standard InChI is InChI=1S/C21H26N4O5S/c26-19(10-12-25-20(27)16-7-1-2-8-17(16)21(25)28)23-14-5-3-6-15(13-14)31(29,30)24-18-9-4-11-22-18/h3,5-6,13,16-17H,1-2,4,7-12H2,(H,22,24)(H,23,26). The van der Waals surface area contributed by atoms with Crippen LogP contribution in [0.25, 0.3) is 0 Å². The Morgan fingerprint density at radius 2 is 1.81 bits per heavy atom. The number of carbonyl (C=O) groups is 3. The van der Waals surface area contributed by atoms with Crippen molar-refractivity contribution in [3.63, 3.8) is 0 Å². The molecule has 2 heterocycles. The summed E-state index contributed by atoms with van der Waals surface area (Å²) in [5.41, 5.74) is 0.328. The summed E-state index contributed by atoms with van der Waals surface area (Å²) >= 11 is 0. The first-order chi connectivity index (χ1) is 14.8. The van der Waals surface area contributed by atoms with Gasteiger partial charge in [0.1, 0.15) is 5.84 Å². The van der Waals surface area contributed by atoms with Crippen LogP contribution in [0, 0.1) is 11.8 Å². The predicted octanol–water partition coefficient (Wildman–Crippen LogP) is 1.66. The number of likely N-dealkylation sites (tertiary alicyclic amines) is 1. The molecule has 3 aliphatic rings. The number of carbonyl (C=O) groups excluding carboxylic acids is 3. The zero-order chi connectivity index (χ0) is 22.0. The minimum Gasteiger partial charge on any atom is -0.326 e. The second kappa shape index (κ2) is 8.78. The van der Waals surface area contributed by atoms with Crippen LogP contribution in [0.5, 0.6) is 0 Å². The van der Waals surface area contributed by atoms with Gasteiger partial charge in [-0.25, -0.2) is 8.42 Å². The van der Waals surface area contributed by atoms with Gasteiger partial charge in [-0.3, -0.25) is 29.0 Å². The number of amides is 3. The Morgan fingerprint density at radius 1 is 1.10 bits per heavy atom. The molecular weight excluding hydrogens is 420 g/mol. The zero-order valence-electron chi connectivity index (χ0n) is 17.2. The van der Waals surface area contributed by atoms with Crippen molar-refractivity contribution in [2.45, 2.75) is 49.8 Å². The molecule has 2 unspecified atom stereocenters. The third-order valence-corrected chi connectivity index (χ3v) is 7.43. The fraction of sp³-hybridized carbons (Fsp3) is 0.524. The number of hydrogen-bond donors (Lipinski definition) is 2. The van der Waals surface area contributed by atoms with Gasteiger partial charge < -0.3 is 5.32 Å². The average molecular weight is 447 g/mol. The molecule has 10 heteroatoms. The van der Waals surface area contributed by atoms with E-state index in [-0.39, 0.29) is 41.5 Å². The highest BCUT2D eigenvalue weighted by Crippen LogP contribution is 2.38. The van der Waals surface area contributed by atoms with Gasteiger partial charge in [0, 0.05) is 31.6 Å². The number of aliphatic imine (C=N–C) groups is 1. The van der Waals surface area contributed by atoms with E-state index in [4.69, 9.17) is 0 Å². The van der Waals surface area contributed by atoms with Crippen molar-refractivity contribution in [2.24, 2.45) is 16.8 Å². The molecule has 2 aliphatic heterocycles. The quantitative estimate of drug-likeness (QED) is 0.643. The van der Waals surface area contributed by atoms with Crippen LogP contribution in [-0.2, 0) is 24.4 Å². The highest BCUT2D eigenvalue weighted by atomic mass is 32.2. The fourth-order valence-corrected chi connectivity index (χ4v) is 5.60. The number of imide groups is 1. The van der Waals surface area contributed by atoms with Gasteiger partial charge in [0.2, 0.25) is 17.7 Å². The van der Waals surface area contributed by atoms with E-state index >= 15 is 0 Å². The van der Waals surface area contributed by atoms with Crippen molar-refractivity contribution in [1.29, 1.82) is 0 Å². The molecule has 31 heavy (non-hydrogen) atoms. The summed E-state index contributed by atoms with van der Waals surface area (Å²) in [6.07, 6.45) is 4.75. The second-order valence-corrected chi connectivity index (χ2v) is 9.87. The van der Waals surface area contributed by atoms with Crippen LogP contribution in [0.15, 0.2) is 34.2 Å². The monoisotopic (exact) mass is 446 g/mol. The van der Waals surface area contributed by atoms with Crippen LogP contribution in [0.3, 0.4) is 0 Å². The third-order valence-electron chi connectivity index (χ3n) is 6.05. The van der Waals surface area contributed by atoms with E-state index in [1.54, 1.807) is 12.1 Å². The van der Waals surface area contributed by atoms with Gasteiger partial charge in [-0.15, -0.1) is 0 Å². The topological polar surface area (TPSA) is 125 Å². The van der Waals surface area contributed by atoms with Crippen LogP contribution in [0.2, 0.25) is 0 Å². The van der Waals surface area contributed by atoms with Crippen molar-refractivity contribution < 1.29 is 22.8 Å². The number of nitrogens with one attached hydrogen (secondary N) is 2. The summed E-state index contributed by atoms with van der Waals surface area (Å²) in [6.45, 7) is 0.646. The number of fused-ring (bicyclic) bond motifs is 1. The molecule has 4 rings (SSSR count). The van der Waals surface area contributed by atoms with E-state index in [1.807, 2.05) is 0 Å². The smallest absolute Gasteiger partial charge is 0.262 e. The molecule has 2 N–H and O–H groups in total. The number of rotatable bonds is 6. The summed E-state index contributed by atoms with van der Waals surface area (Å²) in [5, 5.41) is 2.65. The highest BCUT2D eigenvalue weighted by molar-refractivity contribution is 7.90. The maximum atomic E-state index is 12.5. The van der Waals surface area contributed by atoms with E-state index in [0.29, 0.717) is 24.5 Å². The fourth-order valence-electron chi connectivity index (χ4n) is 4.47. The molecule has 3 amide bonds. The van der Waals surface area contributed by atoms with Gasteiger partial charge in [-0.2, -0.15) is 0 Å².